The second-order valence-corrected chi connectivity index (χ2v) is 5.76. The van der Waals surface area contributed by atoms with Gasteiger partial charge >= 0.3 is 6.18 Å². The third kappa shape index (κ3) is 3.67. The van der Waals surface area contributed by atoms with Gasteiger partial charge in [0.25, 0.3) is 0 Å². The summed E-state index contributed by atoms with van der Waals surface area (Å²) in [5, 5.41) is 13.0. The zero-order valence-electron chi connectivity index (χ0n) is 11.1. The van der Waals surface area contributed by atoms with E-state index in [0.717, 1.165) is 6.07 Å². The number of hydrogen-bond acceptors (Lipinski definition) is 3. The number of piperazine rings is 1. The Morgan fingerprint density at radius 2 is 1.90 bits per heavy atom. The van der Waals surface area contributed by atoms with E-state index in [2.05, 4.69) is 21.2 Å². The first kappa shape index (κ1) is 16.5. The summed E-state index contributed by atoms with van der Waals surface area (Å²) in [6.07, 6.45) is -4.69. The first-order valence-electron chi connectivity index (χ1n) is 6.45. The Labute approximate surface area is 128 Å². The lowest BCUT2D eigenvalue weighted by Gasteiger charge is -2.34. The van der Waals surface area contributed by atoms with E-state index >= 15 is 0 Å². The van der Waals surface area contributed by atoms with Crippen LogP contribution in [0.4, 0.5) is 17.6 Å². The van der Waals surface area contributed by atoms with Gasteiger partial charge in [-0.05, 0) is 12.1 Å². The van der Waals surface area contributed by atoms with Crippen LogP contribution in [0.15, 0.2) is 16.6 Å². The van der Waals surface area contributed by atoms with E-state index in [0.29, 0.717) is 26.2 Å². The first-order valence-corrected chi connectivity index (χ1v) is 7.24. The van der Waals surface area contributed by atoms with E-state index < -0.39 is 30.2 Å². The Morgan fingerprint density at radius 1 is 1.29 bits per heavy atom. The molecule has 1 atom stereocenters. The van der Waals surface area contributed by atoms with Crippen molar-refractivity contribution in [2.45, 2.75) is 12.2 Å². The Kier molecular flexibility index (Phi) is 5.11. The second-order valence-electron chi connectivity index (χ2n) is 4.85. The molecule has 0 aromatic heterocycles. The molecule has 0 spiro atoms. The molecule has 1 fully saturated rings. The maximum absolute atomic E-state index is 13.4. The largest absolute Gasteiger partial charge is 0.507 e. The summed E-state index contributed by atoms with van der Waals surface area (Å²) in [6.45, 7) is 1.44. The highest BCUT2D eigenvalue weighted by Gasteiger charge is 2.37. The number of rotatable bonds is 3. The maximum Gasteiger partial charge on any atom is 0.420 e. The molecule has 0 unspecified atom stereocenters. The monoisotopic (exact) mass is 370 g/mol. The van der Waals surface area contributed by atoms with Gasteiger partial charge < -0.3 is 10.4 Å². The minimum atomic E-state index is -4.69. The predicted molar refractivity (Wildman–Crippen MR) is 74.0 cm³/mol. The fourth-order valence-electron chi connectivity index (χ4n) is 2.46. The highest BCUT2D eigenvalue weighted by atomic mass is 79.9. The summed E-state index contributed by atoms with van der Waals surface area (Å²) in [7, 11) is 0. The summed E-state index contributed by atoms with van der Waals surface area (Å²) in [5.74, 6) is -0.896. The van der Waals surface area contributed by atoms with Gasteiger partial charge in [0, 0.05) is 36.2 Å². The molecule has 1 saturated heterocycles. The lowest BCUT2D eigenvalue weighted by Crippen LogP contribution is -2.45. The van der Waals surface area contributed by atoms with Gasteiger partial charge in [0.05, 0.1) is 11.6 Å². The van der Waals surface area contributed by atoms with E-state index in [1.54, 1.807) is 4.90 Å². The van der Waals surface area contributed by atoms with Gasteiger partial charge in [-0.15, -0.1) is 0 Å². The number of aromatic hydroxyl groups is 1. The average Bonchev–Trinajstić information content (AvgIpc) is 2.43. The van der Waals surface area contributed by atoms with Gasteiger partial charge in [-0.2, -0.15) is 13.2 Å². The molecule has 118 valence electrons. The van der Waals surface area contributed by atoms with Crippen LogP contribution in [0.5, 0.6) is 5.75 Å². The minimum Gasteiger partial charge on any atom is -0.507 e. The third-order valence-corrected chi connectivity index (χ3v) is 3.96. The second kappa shape index (κ2) is 6.50. The van der Waals surface area contributed by atoms with E-state index in [1.165, 1.54) is 6.07 Å². The molecule has 1 aromatic rings. The van der Waals surface area contributed by atoms with Crippen molar-refractivity contribution in [1.29, 1.82) is 0 Å². The average molecular weight is 371 g/mol. The molecule has 1 aliphatic rings. The third-order valence-electron chi connectivity index (χ3n) is 3.51. The molecular formula is C13H15BrF4N2O. The fraction of sp³-hybridized carbons (Fsp3) is 0.538. The lowest BCUT2D eigenvalue weighted by atomic mass is 10.0. The number of alkyl halides is 4. The van der Waals surface area contributed by atoms with Gasteiger partial charge in [-0.25, -0.2) is 4.39 Å². The molecule has 0 radical (unpaired) electrons. The summed E-state index contributed by atoms with van der Waals surface area (Å²) in [5.41, 5.74) is -1.19. The van der Waals surface area contributed by atoms with Crippen LogP contribution in [0.3, 0.4) is 0 Å². The van der Waals surface area contributed by atoms with Gasteiger partial charge in [0.1, 0.15) is 12.4 Å². The van der Waals surface area contributed by atoms with Crippen LogP contribution in [0.25, 0.3) is 0 Å². The van der Waals surface area contributed by atoms with Crippen LogP contribution in [-0.4, -0.2) is 42.9 Å². The number of phenolic OH excluding ortho intramolecular Hbond substituents is 1. The van der Waals surface area contributed by atoms with E-state index in [4.69, 9.17) is 0 Å². The van der Waals surface area contributed by atoms with E-state index in [-0.39, 0.29) is 10.0 Å². The predicted octanol–water partition coefficient (Wildman–Crippen LogP) is 3.09. The van der Waals surface area contributed by atoms with Gasteiger partial charge in [0.15, 0.2) is 0 Å². The Morgan fingerprint density at radius 3 is 2.43 bits per heavy atom. The van der Waals surface area contributed by atoms with Gasteiger partial charge in [0.2, 0.25) is 0 Å². The molecule has 2 rings (SSSR count). The molecule has 1 heterocycles. The number of halogens is 5. The van der Waals surface area contributed by atoms with Crippen LogP contribution in [-0.2, 0) is 6.18 Å². The first-order chi connectivity index (χ1) is 9.84. The van der Waals surface area contributed by atoms with Crippen molar-refractivity contribution in [3.8, 4) is 5.75 Å². The Balaban J connectivity index is 2.43. The molecule has 1 aliphatic heterocycles. The smallest absolute Gasteiger partial charge is 0.420 e. The quantitative estimate of drug-likeness (QED) is 0.802. The Hall–Kier alpha value is -0.860. The zero-order valence-corrected chi connectivity index (χ0v) is 12.6. The summed E-state index contributed by atoms with van der Waals surface area (Å²) in [6, 6.07) is 1.26. The Bertz CT molecular complexity index is 504. The zero-order chi connectivity index (χ0) is 15.6. The van der Waals surface area contributed by atoms with Crippen LogP contribution in [0.2, 0.25) is 0 Å². The summed E-state index contributed by atoms with van der Waals surface area (Å²) < 4.78 is 52.3. The van der Waals surface area contributed by atoms with Gasteiger partial charge in [-0.3, -0.25) is 4.90 Å². The topological polar surface area (TPSA) is 35.5 Å². The van der Waals surface area contributed by atoms with Crippen molar-refractivity contribution < 1.29 is 22.7 Å². The van der Waals surface area contributed by atoms with Crippen LogP contribution in [0.1, 0.15) is 17.2 Å². The molecule has 0 amide bonds. The van der Waals surface area contributed by atoms with Crippen molar-refractivity contribution >= 4 is 15.9 Å². The molecule has 8 heteroatoms. The van der Waals surface area contributed by atoms with Crippen LogP contribution >= 0.6 is 15.9 Å². The van der Waals surface area contributed by atoms with Crippen LogP contribution < -0.4 is 5.32 Å². The van der Waals surface area contributed by atoms with Crippen LogP contribution in [0, 0.1) is 0 Å². The fourth-order valence-corrected chi connectivity index (χ4v) is 2.94. The molecule has 1 aromatic carbocycles. The number of benzene rings is 1. The molecule has 2 N–H and O–H groups in total. The lowest BCUT2D eigenvalue weighted by molar-refractivity contribution is -0.138. The number of phenols is 1. The maximum atomic E-state index is 13.4. The number of nitrogens with one attached hydrogen (secondary N) is 1. The highest BCUT2D eigenvalue weighted by molar-refractivity contribution is 9.10. The SMILES string of the molecule is Oc1c([C@H](CF)N2CCNCC2)cc(Br)cc1C(F)(F)F. The van der Waals surface area contributed by atoms with Crippen molar-refractivity contribution in [1.82, 2.24) is 10.2 Å². The van der Waals surface area contributed by atoms with Gasteiger partial charge in [-0.1, -0.05) is 15.9 Å². The molecular weight excluding hydrogens is 356 g/mol. The normalized spacial score (nSPS) is 18.7. The highest BCUT2D eigenvalue weighted by Crippen LogP contribution is 2.42. The van der Waals surface area contributed by atoms with Crippen molar-refractivity contribution in [3.63, 3.8) is 0 Å². The van der Waals surface area contributed by atoms with Crippen molar-refractivity contribution in [2.75, 3.05) is 32.9 Å². The van der Waals surface area contributed by atoms with Crippen molar-refractivity contribution in [2.24, 2.45) is 0 Å². The van der Waals surface area contributed by atoms with E-state index in [1.807, 2.05) is 0 Å². The summed E-state index contributed by atoms with van der Waals surface area (Å²) >= 11 is 3.00. The molecule has 0 bridgehead atoms. The summed E-state index contributed by atoms with van der Waals surface area (Å²) in [4.78, 5) is 1.73. The number of nitrogens with zero attached hydrogens (tertiary/aromatic N) is 1. The molecule has 3 nitrogen and oxygen atoms in total. The number of hydrogen-bond donors (Lipinski definition) is 2. The molecule has 0 aliphatic carbocycles. The standard InChI is InChI=1S/C13H15BrF4N2O/c14-8-5-9(12(21)10(6-8)13(16,17)18)11(7-15)20-3-1-19-2-4-20/h5-6,11,19,21H,1-4,7H2/t11-/m0/s1. The molecule has 21 heavy (non-hydrogen) atoms. The van der Waals surface area contributed by atoms with E-state index in [9.17, 15) is 22.7 Å². The van der Waals surface area contributed by atoms with Crippen molar-refractivity contribution in [3.05, 3.63) is 27.7 Å². The molecule has 0 saturated carbocycles. The minimum absolute atomic E-state index is 0.0406.